The van der Waals surface area contributed by atoms with Crippen LogP contribution in [0, 0.1) is 0 Å². The van der Waals surface area contributed by atoms with E-state index in [1.807, 2.05) is 30.3 Å². The highest BCUT2D eigenvalue weighted by Gasteiger charge is 2.27. The van der Waals surface area contributed by atoms with Crippen LogP contribution in [-0.2, 0) is 0 Å². The fraction of sp³-hybridized carbons (Fsp3) is 0.0444. The first kappa shape index (κ1) is 30.3. The van der Waals surface area contributed by atoms with Gasteiger partial charge in [0.1, 0.15) is 0 Å². The fourth-order valence-corrected chi connectivity index (χ4v) is 7.49. The number of aromatic nitrogens is 2. The second-order valence-corrected chi connectivity index (χ2v) is 12.9. The van der Waals surface area contributed by atoms with Crippen molar-refractivity contribution in [3.8, 4) is 0 Å². The number of carboxylic acid groups (broad SMARTS) is 1. The van der Waals surface area contributed by atoms with Gasteiger partial charge in [0.05, 0.1) is 17.6 Å². The van der Waals surface area contributed by atoms with Crippen LogP contribution in [0.15, 0.2) is 175 Å². The van der Waals surface area contributed by atoms with Gasteiger partial charge in [-0.25, -0.2) is 4.79 Å². The number of carboxylic acids is 1. The van der Waals surface area contributed by atoms with Gasteiger partial charge in [-0.3, -0.25) is 0 Å². The Morgan fingerprint density at radius 2 is 0.902 bits per heavy atom. The summed E-state index contributed by atoms with van der Waals surface area (Å²) in [7, 11) is 0. The number of aromatic amines is 2. The normalized spacial score (nSPS) is 22.8. The number of allylic oxidation sites excluding steroid dienone is 2. The highest BCUT2D eigenvalue weighted by molar-refractivity contribution is 5.90. The third-order valence-corrected chi connectivity index (χ3v) is 9.84. The molecule has 0 amide bonds. The van der Waals surface area contributed by atoms with E-state index in [4.69, 9.17) is 0 Å². The van der Waals surface area contributed by atoms with Crippen molar-refractivity contribution in [2.75, 3.05) is 0 Å². The topological polar surface area (TPSA) is 92.9 Å². The molecule has 3 aliphatic heterocycles. The molecule has 4 aromatic carbocycles. The SMILES string of the molecule is O=C(O)c1ccc(/C2=c3\cc/c([nH]3)=C(\c3ccccc3)C3C=C/C(=C(\c4ccccc4)c4ccc([nH]4)/C(c4ccccc4)=C4/C=CC2N4)N3)cc1. The first-order valence-corrected chi connectivity index (χ1v) is 17.1. The minimum atomic E-state index is -0.948. The average Bonchev–Trinajstić information content (AvgIpc) is 4.01. The Bertz CT molecular complexity index is 2530. The number of hydrogen-bond acceptors (Lipinski definition) is 3. The lowest BCUT2D eigenvalue weighted by molar-refractivity contribution is 0.0697. The summed E-state index contributed by atoms with van der Waals surface area (Å²) < 4.78 is 0. The van der Waals surface area contributed by atoms with E-state index in [9.17, 15) is 9.90 Å². The van der Waals surface area contributed by atoms with E-state index in [1.165, 1.54) is 0 Å². The van der Waals surface area contributed by atoms with Crippen molar-refractivity contribution in [3.05, 3.63) is 225 Å². The number of hydrogen-bond donors (Lipinski definition) is 5. The molecule has 6 heteroatoms. The molecule has 6 aromatic rings. The van der Waals surface area contributed by atoms with Crippen LogP contribution >= 0.6 is 0 Å². The van der Waals surface area contributed by atoms with Crippen molar-refractivity contribution in [2.24, 2.45) is 0 Å². The van der Waals surface area contributed by atoms with Crippen molar-refractivity contribution in [1.29, 1.82) is 0 Å². The van der Waals surface area contributed by atoms with Crippen molar-refractivity contribution in [3.63, 3.8) is 0 Å². The van der Waals surface area contributed by atoms with Gasteiger partial charge in [-0.15, -0.1) is 0 Å². The van der Waals surface area contributed by atoms with Crippen LogP contribution in [0.5, 0.6) is 0 Å². The van der Waals surface area contributed by atoms with E-state index < -0.39 is 5.97 Å². The lowest BCUT2D eigenvalue weighted by Crippen LogP contribution is -2.31. The highest BCUT2D eigenvalue weighted by Crippen LogP contribution is 2.35. The van der Waals surface area contributed by atoms with Gasteiger partial charge in [0.15, 0.2) is 0 Å². The van der Waals surface area contributed by atoms with E-state index in [0.717, 1.165) is 78.0 Å². The molecule has 9 rings (SSSR count). The molecule has 2 atom stereocenters. The quantitative estimate of drug-likeness (QED) is 0.142. The lowest BCUT2D eigenvalue weighted by Gasteiger charge is -2.20. The number of carbonyl (C=O) groups is 1. The van der Waals surface area contributed by atoms with Gasteiger partial charge in [-0.1, -0.05) is 115 Å². The monoisotopic (exact) mass is 662 g/mol. The molecule has 2 aromatic heterocycles. The molecule has 0 saturated carbocycles. The number of aromatic carboxylic acids is 1. The zero-order chi connectivity index (χ0) is 34.3. The smallest absolute Gasteiger partial charge is 0.335 e. The third kappa shape index (κ3) is 5.53. The van der Waals surface area contributed by atoms with Crippen LogP contribution < -0.4 is 21.3 Å². The Balaban J connectivity index is 1.34. The molecule has 8 bridgehead atoms. The summed E-state index contributed by atoms with van der Waals surface area (Å²) in [6.45, 7) is 0. The van der Waals surface area contributed by atoms with Gasteiger partial charge in [0, 0.05) is 55.8 Å². The van der Waals surface area contributed by atoms with E-state index in [2.05, 4.69) is 142 Å². The highest BCUT2D eigenvalue weighted by atomic mass is 16.4. The summed E-state index contributed by atoms with van der Waals surface area (Å²) >= 11 is 0. The van der Waals surface area contributed by atoms with Gasteiger partial charge in [-0.2, -0.15) is 0 Å². The fourth-order valence-electron chi connectivity index (χ4n) is 7.49. The maximum Gasteiger partial charge on any atom is 0.335 e. The Kier molecular flexibility index (Phi) is 7.47. The number of fused-ring (bicyclic) bond motifs is 8. The number of benzene rings is 4. The maximum atomic E-state index is 11.8. The molecule has 2 unspecified atom stereocenters. The molecule has 5 heterocycles. The summed E-state index contributed by atoms with van der Waals surface area (Å²) in [6, 6.07) is 46.9. The van der Waals surface area contributed by atoms with Gasteiger partial charge < -0.3 is 25.7 Å². The van der Waals surface area contributed by atoms with Crippen LogP contribution in [0.25, 0.3) is 22.3 Å². The van der Waals surface area contributed by atoms with E-state index in [1.54, 1.807) is 12.1 Å². The zero-order valence-electron chi connectivity index (χ0n) is 27.6. The molecular formula is C45H34N4O2. The van der Waals surface area contributed by atoms with Crippen LogP contribution in [-0.4, -0.2) is 33.1 Å². The van der Waals surface area contributed by atoms with Crippen molar-refractivity contribution in [1.82, 2.24) is 20.6 Å². The molecule has 5 N–H and O–H groups in total. The predicted octanol–water partition coefficient (Wildman–Crippen LogP) is 6.73. The van der Waals surface area contributed by atoms with Gasteiger partial charge >= 0.3 is 5.97 Å². The summed E-state index contributed by atoms with van der Waals surface area (Å²) in [5.41, 5.74) is 12.8. The molecule has 0 spiro atoms. The van der Waals surface area contributed by atoms with Crippen molar-refractivity contribution >= 4 is 28.3 Å². The molecule has 51 heavy (non-hydrogen) atoms. The van der Waals surface area contributed by atoms with Gasteiger partial charge in [-0.05, 0) is 70.8 Å². The summed E-state index contributed by atoms with van der Waals surface area (Å²) in [6.07, 6.45) is 8.78. The van der Waals surface area contributed by atoms with Crippen molar-refractivity contribution in [2.45, 2.75) is 12.1 Å². The first-order valence-electron chi connectivity index (χ1n) is 17.1. The van der Waals surface area contributed by atoms with E-state index >= 15 is 0 Å². The largest absolute Gasteiger partial charge is 0.478 e. The predicted molar refractivity (Wildman–Crippen MR) is 203 cm³/mol. The van der Waals surface area contributed by atoms with Crippen LogP contribution in [0.4, 0.5) is 0 Å². The second kappa shape index (κ2) is 12.6. The van der Waals surface area contributed by atoms with Crippen LogP contribution in [0.2, 0.25) is 0 Å². The molecule has 3 aliphatic rings. The van der Waals surface area contributed by atoms with Crippen molar-refractivity contribution < 1.29 is 9.90 Å². The molecule has 0 saturated heterocycles. The molecular weight excluding hydrogens is 629 g/mol. The minimum absolute atomic E-state index is 0.107. The summed E-state index contributed by atoms with van der Waals surface area (Å²) in [5, 5.41) is 19.3. The number of nitrogens with one attached hydrogen (secondary N) is 4. The zero-order valence-corrected chi connectivity index (χ0v) is 27.6. The third-order valence-electron chi connectivity index (χ3n) is 9.84. The minimum Gasteiger partial charge on any atom is -0.478 e. The van der Waals surface area contributed by atoms with E-state index in [-0.39, 0.29) is 17.6 Å². The van der Waals surface area contributed by atoms with Crippen LogP contribution in [0.3, 0.4) is 0 Å². The summed E-state index contributed by atoms with van der Waals surface area (Å²) in [4.78, 5) is 19.4. The maximum absolute atomic E-state index is 11.8. The Hall–Kier alpha value is -6.79. The molecule has 0 aliphatic carbocycles. The van der Waals surface area contributed by atoms with Gasteiger partial charge in [0.2, 0.25) is 0 Å². The average molecular weight is 663 g/mol. The lowest BCUT2D eigenvalue weighted by atomic mass is 9.97. The second-order valence-electron chi connectivity index (χ2n) is 12.9. The standard InChI is InChI=1S/C45H34N4O2/c50-45(51)32-18-16-31(17-19-32)44-39-26-24-37(48-39)42(29-12-6-2-7-13-29)35-22-20-33(46-35)41(28-10-4-1-5-11-28)34-21-23-36(47-34)43(30-14-8-3-9-15-30)38-25-27-40(44)49-38/h1-27,35,40,46-49H,(H,50,51)/b41-33-,42-37-,43-38-,44-39-. The Labute approximate surface area is 295 Å². The molecule has 6 nitrogen and oxygen atoms in total. The van der Waals surface area contributed by atoms with Crippen LogP contribution in [0.1, 0.15) is 44.0 Å². The van der Waals surface area contributed by atoms with E-state index in [0.29, 0.717) is 0 Å². The first-order chi connectivity index (χ1) is 25.1. The number of H-pyrrole nitrogens is 2. The number of rotatable bonds is 5. The Morgan fingerprint density at radius 3 is 1.35 bits per heavy atom. The Morgan fingerprint density at radius 1 is 0.471 bits per heavy atom. The molecule has 0 radical (unpaired) electrons. The summed E-state index contributed by atoms with van der Waals surface area (Å²) in [5.74, 6) is -0.948. The molecule has 0 fully saturated rings. The molecule has 246 valence electrons. The van der Waals surface area contributed by atoms with Gasteiger partial charge in [0.25, 0.3) is 0 Å².